The average Bonchev–Trinajstić information content (AvgIpc) is 3.44. The fourth-order valence-electron chi connectivity index (χ4n) is 3.52. The lowest BCUT2D eigenvalue weighted by molar-refractivity contribution is 0.121. The molecular weight excluding hydrogens is 446 g/mol. The summed E-state index contributed by atoms with van der Waals surface area (Å²) in [6, 6.07) is 5.87. The Labute approximate surface area is 196 Å². The van der Waals surface area contributed by atoms with Gasteiger partial charge in [0.25, 0.3) is 0 Å². The Morgan fingerprint density at radius 2 is 1.91 bits per heavy atom. The normalized spacial score (nSPS) is 14.2. The number of aromatic nitrogens is 4. The summed E-state index contributed by atoms with van der Waals surface area (Å²) in [6.45, 7) is 8.48. The molecule has 8 nitrogen and oxygen atoms in total. The molecular formula is C22H29N5O3S2. The zero-order chi connectivity index (χ0) is 22.5. The molecule has 1 aliphatic heterocycles. The molecule has 0 spiro atoms. The molecule has 10 heteroatoms. The molecule has 0 amide bonds. The second-order valence-electron chi connectivity index (χ2n) is 7.89. The van der Waals surface area contributed by atoms with Crippen molar-refractivity contribution in [2.24, 2.45) is 5.92 Å². The van der Waals surface area contributed by atoms with E-state index in [1.807, 2.05) is 18.2 Å². The maximum absolute atomic E-state index is 5.49. The minimum absolute atomic E-state index is 0.501. The van der Waals surface area contributed by atoms with Gasteiger partial charge in [0.15, 0.2) is 16.7 Å². The number of methoxy groups -OCH3 is 2. The van der Waals surface area contributed by atoms with Crippen LogP contribution in [0, 0.1) is 5.92 Å². The Hall–Kier alpha value is -2.30. The van der Waals surface area contributed by atoms with Crippen LogP contribution in [0.25, 0.3) is 10.6 Å². The van der Waals surface area contributed by atoms with Gasteiger partial charge in [-0.25, -0.2) is 4.98 Å². The summed E-state index contributed by atoms with van der Waals surface area (Å²) in [4.78, 5) is 7.10. The summed E-state index contributed by atoms with van der Waals surface area (Å²) in [7, 11) is 3.28. The fourth-order valence-corrected chi connectivity index (χ4v) is 5.28. The number of morpholine rings is 1. The summed E-state index contributed by atoms with van der Waals surface area (Å²) in [6.07, 6.45) is 0. The standard InChI is InChI=1S/C22H29N5O3S2/c1-15(2)12-27-21(26-7-9-30-10-8-26)24-25-22(27)32-14-17-13-31-20(23-17)16-5-6-18(28-3)19(11-16)29-4/h5-6,11,13,15H,7-10,12,14H2,1-4H3. The van der Waals surface area contributed by atoms with E-state index in [1.54, 1.807) is 37.3 Å². The second kappa shape index (κ2) is 10.5. The van der Waals surface area contributed by atoms with Gasteiger partial charge in [-0.1, -0.05) is 25.6 Å². The zero-order valence-corrected chi connectivity index (χ0v) is 20.5. The van der Waals surface area contributed by atoms with E-state index in [9.17, 15) is 0 Å². The highest BCUT2D eigenvalue weighted by molar-refractivity contribution is 7.98. The topological polar surface area (TPSA) is 74.5 Å². The molecule has 0 unspecified atom stereocenters. The average molecular weight is 476 g/mol. The SMILES string of the molecule is COc1ccc(-c2nc(CSc3nnc(N4CCOCC4)n3CC(C)C)cs2)cc1OC. The first-order valence-corrected chi connectivity index (χ1v) is 12.5. The molecule has 0 aliphatic carbocycles. The van der Waals surface area contributed by atoms with E-state index in [1.165, 1.54) is 0 Å². The van der Waals surface area contributed by atoms with E-state index in [-0.39, 0.29) is 0 Å². The van der Waals surface area contributed by atoms with Crippen molar-refractivity contribution in [3.63, 3.8) is 0 Å². The fraction of sp³-hybridized carbons (Fsp3) is 0.500. The molecule has 3 aromatic rings. The van der Waals surface area contributed by atoms with E-state index in [4.69, 9.17) is 19.2 Å². The largest absolute Gasteiger partial charge is 0.493 e. The highest BCUT2D eigenvalue weighted by Crippen LogP contribution is 2.34. The Morgan fingerprint density at radius 3 is 2.62 bits per heavy atom. The van der Waals surface area contributed by atoms with Crippen LogP contribution in [-0.4, -0.2) is 60.3 Å². The number of anilines is 1. The lowest BCUT2D eigenvalue weighted by Gasteiger charge is -2.28. The lowest BCUT2D eigenvalue weighted by Crippen LogP contribution is -2.38. The van der Waals surface area contributed by atoms with Crippen LogP contribution in [0.5, 0.6) is 11.5 Å². The quantitative estimate of drug-likeness (QED) is 0.426. The molecule has 0 saturated carbocycles. The van der Waals surface area contributed by atoms with E-state index >= 15 is 0 Å². The van der Waals surface area contributed by atoms with Gasteiger partial charge in [0, 0.05) is 36.3 Å². The third kappa shape index (κ3) is 5.19. The molecule has 1 fully saturated rings. The maximum Gasteiger partial charge on any atom is 0.228 e. The van der Waals surface area contributed by atoms with Crippen LogP contribution in [-0.2, 0) is 17.0 Å². The van der Waals surface area contributed by atoms with Gasteiger partial charge in [-0.05, 0) is 24.1 Å². The highest BCUT2D eigenvalue weighted by atomic mass is 32.2. The van der Waals surface area contributed by atoms with Crippen molar-refractivity contribution < 1.29 is 14.2 Å². The molecule has 4 rings (SSSR count). The first kappa shape index (κ1) is 22.9. The van der Waals surface area contributed by atoms with Crippen molar-refractivity contribution >= 4 is 29.0 Å². The Bertz CT molecular complexity index is 1030. The van der Waals surface area contributed by atoms with Crippen molar-refractivity contribution in [2.45, 2.75) is 31.3 Å². The molecule has 32 heavy (non-hydrogen) atoms. The second-order valence-corrected chi connectivity index (χ2v) is 9.69. The number of hydrogen-bond acceptors (Lipinski definition) is 9. The van der Waals surface area contributed by atoms with Gasteiger partial charge in [0.2, 0.25) is 5.95 Å². The zero-order valence-electron chi connectivity index (χ0n) is 18.9. The highest BCUT2D eigenvalue weighted by Gasteiger charge is 2.21. The summed E-state index contributed by atoms with van der Waals surface area (Å²) in [5.41, 5.74) is 2.04. The number of thioether (sulfide) groups is 1. The Kier molecular flexibility index (Phi) is 7.54. The number of hydrogen-bond donors (Lipinski definition) is 0. The van der Waals surface area contributed by atoms with Crippen LogP contribution < -0.4 is 14.4 Å². The number of rotatable bonds is 9. The van der Waals surface area contributed by atoms with Crippen LogP contribution in [0.3, 0.4) is 0 Å². The Morgan fingerprint density at radius 1 is 1.12 bits per heavy atom. The van der Waals surface area contributed by atoms with Gasteiger partial charge in [-0.15, -0.1) is 21.5 Å². The predicted octanol–water partition coefficient (Wildman–Crippen LogP) is 4.20. The smallest absolute Gasteiger partial charge is 0.228 e. The lowest BCUT2D eigenvalue weighted by atomic mass is 10.2. The Balaban J connectivity index is 1.48. The summed E-state index contributed by atoms with van der Waals surface area (Å²) in [5, 5.41) is 13.0. The molecule has 0 bridgehead atoms. The van der Waals surface area contributed by atoms with Gasteiger partial charge in [0.1, 0.15) is 5.01 Å². The number of thiazole rings is 1. The van der Waals surface area contributed by atoms with E-state index in [0.29, 0.717) is 17.4 Å². The predicted molar refractivity (Wildman–Crippen MR) is 128 cm³/mol. The van der Waals surface area contributed by atoms with Crippen LogP contribution in [0.1, 0.15) is 19.5 Å². The minimum atomic E-state index is 0.501. The van der Waals surface area contributed by atoms with Crippen molar-refractivity contribution in [2.75, 3.05) is 45.4 Å². The summed E-state index contributed by atoms with van der Waals surface area (Å²) >= 11 is 3.31. The van der Waals surface area contributed by atoms with Gasteiger partial charge in [0.05, 0.1) is 33.1 Å². The van der Waals surface area contributed by atoms with Crippen LogP contribution in [0.2, 0.25) is 0 Å². The first-order valence-electron chi connectivity index (χ1n) is 10.6. The summed E-state index contributed by atoms with van der Waals surface area (Å²) < 4.78 is 18.5. The van der Waals surface area contributed by atoms with Crippen molar-refractivity contribution in [3.8, 4) is 22.1 Å². The van der Waals surface area contributed by atoms with Crippen LogP contribution >= 0.6 is 23.1 Å². The molecule has 172 valence electrons. The third-order valence-electron chi connectivity index (χ3n) is 5.07. The first-order chi connectivity index (χ1) is 15.6. The molecule has 1 saturated heterocycles. The molecule has 3 heterocycles. The molecule has 0 atom stereocenters. The number of ether oxygens (including phenoxy) is 3. The molecule has 0 N–H and O–H groups in total. The van der Waals surface area contributed by atoms with E-state index in [0.717, 1.165) is 66.0 Å². The number of nitrogens with zero attached hydrogens (tertiary/aromatic N) is 5. The number of benzene rings is 1. The molecule has 1 aliphatic rings. The monoisotopic (exact) mass is 475 g/mol. The molecule has 2 aromatic heterocycles. The van der Waals surface area contributed by atoms with Gasteiger partial charge in [-0.2, -0.15) is 0 Å². The van der Waals surface area contributed by atoms with Crippen LogP contribution in [0.4, 0.5) is 5.95 Å². The summed E-state index contributed by atoms with van der Waals surface area (Å²) in [5.74, 6) is 3.59. The molecule has 1 aromatic carbocycles. The van der Waals surface area contributed by atoms with Crippen molar-refractivity contribution in [3.05, 3.63) is 29.3 Å². The van der Waals surface area contributed by atoms with Gasteiger partial charge < -0.3 is 19.1 Å². The van der Waals surface area contributed by atoms with Gasteiger partial charge >= 0.3 is 0 Å². The molecule has 0 radical (unpaired) electrons. The van der Waals surface area contributed by atoms with Gasteiger partial charge in [-0.3, -0.25) is 4.57 Å². The minimum Gasteiger partial charge on any atom is -0.493 e. The van der Waals surface area contributed by atoms with Crippen LogP contribution in [0.15, 0.2) is 28.7 Å². The van der Waals surface area contributed by atoms with Crippen molar-refractivity contribution in [1.29, 1.82) is 0 Å². The van der Waals surface area contributed by atoms with E-state index < -0.39 is 0 Å². The third-order valence-corrected chi connectivity index (χ3v) is 7.01. The maximum atomic E-state index is 5.49. The van der Waals surface area contributed by atoms with E-state index in [2.05, 4.69) is 38.9 Å². The van der Waals surface area contributed by atoms with Crippen molar-refractivity contribution in [1.82, 2.24) is 19.7 Å².